The predicted molar refractivity (Wildman–Crippen MR) is 115 cm³/mol. The molecule has 0 saturated carbocycles. The lowest BCUT2D eigenvalue weighted by molar-refractivity contribution is 0.0998. The van der Waals surface area contributed by atoms with Gasteiger partial charge in [0.05, 0.1) is 5.02 Å². The number of halogens is 1. The van der Waals surface area contributed by atoms with Gasteiger partial charge in [0.2, 0.25) is 15.9 Å². The molecule has 4 N–H and O–H groups in total. The minimum atomic E-state index is -3.95. The maximum Gasteiger partial charge on any atom is 0.255 e. The molecular formula is C21H18ClN3O4S. The largest absolute Gasteiger partial charge is 0.366 e. The van der Waals surface area contributed by atoms with Gasteiger partial charge >= 0.3 is 0 Å². The zero-order valence-electron chi connectivity index (χ0n) is 15.6. The highest BCUT2D eigenvalue weighted by molar-refractivity contribution is 7.89. The van der Waals surface area contributed by atoms with E-state index in [1.165, 1.54) is 42.5 Å². The van der Waals surface area contributed by atoms with Crippen molar-refractivity contribution >= 4 is 39.1 Å². The number of hydrogen-bond acceptors (Lipinski definition) is 4. The van der Waals surface area contributed by atoms with Crippen LogP contribution in [-0.4, -0.2) is 20.2 Å². The highest BCUT2D eigenvalue weighted by atomic mass is 35.5. The van der Waals surface area contributed by atoms with E-state index < -0.39 is 21.8 Å². The number of carbonyl (C=O) groups is 2. The molecule has 2 amide bonds. The first-order chi connectivity index (χ1) is 14.3. The van der Waals surface area contributed by atoms with E-state index in [0.29, 0.717) is 11.3 Å². The first kappa shape index (κ1) is 21.5. The molecule has 7 nitrogen and oxygen atoms in total. The molecule has 0 saturated heterocycles. The number of amides is 2. The molecule has 154 valence electrons. The molecule has 0 unspecified atom stereocenters. The maximum absolute atomic E-state index is 12.7. The Morgan fingerprint density at radius 1 is 0.900 bits per heavy atom. The molecule has 3 aromatic rings. The van der Waals surface area contributed by atoms with E-state index >= 15 is 0 Å². The number of nitrogens with two attached hydrogens (primary N) is 1. The van der Waals surface area contributed by atoms with E-state index in [9.17, 15) is 18.0 Å². The predicted octanol–water partition coefficient (Wildman–Crippen LogP) is 3.17. The van der Waals surface area contributed by atoms with E-state index in [2.05, 4.69) is 10.0 Å². The van der Waals surface area contributed by atoms with Gasteiger partial charge in [-0.2, -0.15) is 0 Å². The molecule has 0 heterocycles. The van der Waals surface area contributed by atoms with Crippen molar-refractivity contribution in [3.05, 3.63) is 94.5 Å². The third-order valence-electron chi connectivity index (χ3n) is 4.22. The third-order valence-corrected chi connectivity index (χ3v) is 6.10. The van der Waals surface area contributed by atoms with Gasteiger partial charge in [0.15, 0.2) is 0 Å². The Kier molecular flexibility index (Phi) is 6.51. The van der Waals surface area contributed by atoms with Gasteiger partial charge < -0.3 is 11.1 Å². The molecule has 30 heavy (non-hydrogen) atoms. The lowest BCUT2D eigenvalue weighted by atomic mass is 10.1. The van der Waals surface area contributed by atoms with Crippen molar-refractivity contribution in [2.24, 2.45) is 5.73 Å². The topological polar surface area (TPSA) is 118 Å². The quantitative estimate of drug-likeness (QED) is 0.519. The van der Waals surface area contributed by atoms with E-state index in [0.717, 1.165) is 5.56 Å². The summed E-state index contributed by atoms with van der Waals surface area (Å²) in [4.78, 5) is 23.5. The van der Waals surface area contributed by atoms with Gasteiger partial charge in [0, 0.05) is 23.4 Å². The lowest BCUT2D eigenvalue weighted by Gasteiger charge is -2.11. The summed E-state index contributed by atoms with van der Waals surface area (Å²) in [6.45, 7) is 0.0855. The average Bonchev–Trinajstić information content (AvgIpc) is 2.73. The molecule has 0 atom stereocenters. The van der Waals surface area contributed by atoms with Crippen LogP contribution in [0.15, 0.2) is 77.7 Å². The van der Waals surface area contributed by atoms with Crippen molar-refractivity contribution in [1.29, 1.82) is 0 Å². The number of rotatable bonds is 7. The summed E-state index contributed by atoms with van der Waals surface area (Å²) in [6.07, 6.45) is 0. The molecule has 3 aromatic carbocycles. The van der Waals surface area contributed by atoms with Crippen LogP contribution in [0.5, 0.6) is 0 Å². The molecule has 0 aliphatic heterocycles. The van der Waals surface area contributed by atoms with Crippen LogP contribution in [0.25, 0.3) is 0 Å². The smallest absolute Gasteiger partial charge is 0.255 e. The van der Waals surface area contributed by atoms with Gasteiger partial charge in [-0.1, -0.05) is 41.9 Å². The second-order valence-corrected chi connectivity index (χ2v) is 8.49. The summed E-state index contributed by atoms with van der Waals surface area (Å²) in [5.74, 6) is -1.11. The fourth-order valence-electron chi connectivity index (χ4n) is 2.62. The van der Waals surface area contributed by atoms with Crippen LogP contribution in [-0.2, 0) is 16.6 Å². The molecule has 0 bridgehead atoms. The second-order valence-electron chi connectivity index (χ2n) is 6.35. The molecule has 9 heteroatoms. The van der Waals surface area contributed by atoms with E-state index in [4.69, 9.17) is 17.3 Å². The van der Waals surface area contributed by atoms with Crippen molar-refractivity contribution in [2.45, 2.75) is 11.4 Å². The fourth-order valence-corrected chi connectivity index (χ4v) is 4.16. The second kappa shape index (κ2) is 9.08. The van der Waals surface area contributed by atoms with Crippen LogP contribution in [0.3, 0.4) is 0 Å². The van der Waals surface area contributed by atoms with Crippen molar-refractivity contribution in [2.75, 3.05) is 5.32 Å². The summed E-state index contributed by atoms with van der Waals surface area (Å²) in [6, 6.07) is 19.0. The highest BCUT2D eigenvalue weighted by Crippen LogP contribution is 2.23. The minimum Gasteiger partial charge on any atom is -0.366 e. The highest BCUT2D eigenvalue weighted by Gasteiger charge is 2.20. The fraction of sp³-hybridized carbons (Fsp3) is 0.0476. The molecule has 3 rings (SSSR count). The Balaban J connectivity index is 1.78. The monoisotopic (exact) mass is 443 g/mol. The summed E-state index contributed by atoms with van der Waals surface area (Å²) in [5, 5.41) is 2.63. The molecular weight excluding hydrogens is 426 g/mol. The number of nitrogens with one attached hydrogen (secondary N) is 2. The molecule has 0 spiro atoms. The van der Waals surface area contributed by atoms with E-state index in [1.807, 2.05) is 6.07 Å². The average molecular weight is 444 g/mol. The SMILES string of the molecule is NC(=O)c1ccc(NC(=O)c2ccc(Cl)c(S(=O)(=O)NCc3ccccc3)c2)cc1. The van der Waals surface area contributed by atoms with E-state index in [1.54, 1.807) is 24.3 Å². The van der Waals surface area contributed by atoms with Crippen LogP contribution < -0.4 is 15.8 Å². The zero-order valence-corrected chi connectivity index (χ0v) is 17.2. The standard InChI is InChI=1S/C21H18ClN3O4S/c22-18-11-8-16(21(27)25-17-9-6-15(7-10-17)20(23)26)12-19(18)30(28,29)24-13-14-4-2-1-3-5-14/h1-12,24H,13H2,(H2,23,26)(H,25,27). The summed E-state index contributed by atoms with van der Waals surface area (Å²) in [7, 11) is -3.95. The van der Waals surface area contributed by atoms with Crippen molar-refractivity contribution in [1.82, 2.24) is 4.72 Å². The minimum absolute atomic E-state index is 0.00192. The number of benzene rings is 3. The van der Waals surface area contributed by atoms with Crippen LogP contribution in [0.2, 0.25) is 5.02 Å². The number of anilines is 1. The Hall–Kier alpha value is -3.20. The molecule has 0 aromatic heterocycles. The Morgan fingerprint density at radius 3 is 2.17 bits per heavy atom. The number of carbonyl (C=O) groups excluding carboxylic acids is 2. The Bertz CT molecular complexity index is 1180. The zero-order chi connectivity index (χ0) is 21.7. The van der Waals surface area contributed by atoms with Crippen LogP contribution in [0.4, 0.5) is 5.69 Å². The summed E-state index contributed by atoms with van der Waals surface area (Å²) in [5.41, 5.74) is 6.81. The van der Waals surface area contributed by atoms with Gasteiger partial charge in [-0.05, 0) is 48.0 Å². The number of hydrogen-bond donors (Lipinski definition) is 3. The molecule has 0 aliphatic rings. The Morgan fingerprint density at radius 2 is 1.53 bits per heavy atom. The van der Waals surface area contributed by atoms with Crippen molar-refractivity contribution < 1.29 is 18.0 Å². The first-order valence-corrected chi connectivity index (χ1v) is 10.7. The van der Waals surface area contributed by atoms with Crippen LogP contribution in [0, 0.1) is 0 Å². The van der Waals surface area contributed by atoms with Crippen molar-refractivity contribution in [3.8, 4) is 0 Å². The van der Waals surface area contributed by atoms with E-state index in [-0.39, 0.29) is 22.0 Å². The number of sulfonamides is 1. The summed E-state index contributed by atoms with van der Waals surface area (Å²) < 4.78 is 27.9. The van der Waals surface area contributed by atoms with Crippen LogP contribution >= 0.6 is 11.6 Å². The van der Waals surface area contributed by atoms with Crippen molar-refractivity contribution in [3.63, 3.8) is 0 Å². The van der Waals surface area contributed by atoms with Gasteiger partial charge in [0.25, 0.3) is 5.91 Å². The maximum atomic E-state index is 12.7. The molecule has 0 radical (unpaired) electrons. The van der Waals surface area contributed by atoms with Gasteiger partial charge in [-0.3, -0.25) is 9.59 Å². The first-order valence-electron chi connectivity index (χ1n) is 8.80. The number of primary amides is 1. The van der Waals surface area contributed by atoms with Gasteiger partial charge in [0.1, 0.15) is 4.90 Å². The lowest BCUT2D eigenvalue weighted by Crippen LogP contribution is -2.24. The van der Waals surface area contributed by atoms with Gasteiger partial charge in [-0.25, -0.2) is 13.1 Å². The molecule has 0 fully saturated rings. The summed E-state index contributed by atoms with van der Waals surface area (Å²) >= 11 is 6.08. The molecule has 0 aliphatic carbocycles. The normalized spacial score (nSPS) is 11.1. The Labute approximate surface area is 178 Å². The van der Waals surface area contributed by atoms with Crippen LogP contribution in [0.1, 0.15) is 26.3 Å². The third kappa shape index (κ3) is 5.24. The van der Waals surface area contributed by atoms with Gasteiger partial charge in [-0.15, -0.1) is 0 Å².